The zero-order chi connectivity index (χ0) is 14.2. The van der Waals surface area contributed by atoms with Crippen LogP contribution in [0.2, 0.25) is 5.02 Å². The van der Waals surface area contributed by atoms with Crippen molar-refractivity contribution in [2.75, 3.05) is 0 Å². The molecule has 2 rings (SSSR count). The van der Waals surface area contributed by atoms with Gasteiger partial charge in [0, 0.05) is 10.9 Å². The number of carboxylic acids is 1. The number of rotatable bonds is 3. The van der Waals surface area contributed by atoms with Gasteiger partial charge in [0.1, 0.15) is 17.3 Å². The van der Waals surface area contributed by atoms with Crippen LogP contribution in [0.4, 0.5) is 4.39 Å². The van der Waals surface area contributed by atoms with Crippen molar-refractivity contribution in [1.29, 1.82) is 0 Å². The van der Waals surface area contributed by atoms with E-state index in [1.54, 1.807) is 0 Å². The Hall–Kier alpha value is -1.95. The van der Waals surface area contributed by atoms with E-state index in [2.05, 4.69) is 10.1 Å². The van der Waals surface area contributed by atoms with Gasteiger partial charge in [-0.25, -0.2) is 18.9 Å². The van der Waals surface area contributed by atoms with Crippen molar-refractivity contribution in [3.63, 3.8) is 0 Å². The second-order valence-corrected chi connectivity index (χ2v) is 4.70. The number of aromatic nitrogens is 3. The SMILES string of the molecule is CC(C)c1nc(C(=O)O)nn1-c1ccc(Cl)cc1F. The molecule has 0 saturated carbocycles. The van der Waals surface area contributed by atoms with Crippen LogP contribution in [0, 0.1) is 5.82 Å². The Morgan fingerprint density at radius 3 is 2.68 bits per heavy atom. The van der Waals surface area contributed by atoms with Gasteiger partial charge in [0.05, 0.1) is 0 Å². The van der Waals surface area contributed by atoms with Gasteiger partial charge in [-0.1, -0.05) is 25.4 Å². The molecule has 0 aliphatic heterocycles. The van der Waals surface area contributed by atoms with Crippen LogP contribution in [0.5, 0.6) is 0 Å². The maximum absolute atomic E-state index is 13.9. The number of hydrogen-bond acceptors (Lipinski definition) is 3. The normalized spacial score (nSPS) is 11.0. The fourth-order valence-electron chi connectivity index (χ4n) is 1.62. The minimum atomic E-state index is -1.25. The average molecular weight is 284 g/mol. The molecule has 1 N–H and O–H groups in total. The van der Waals surface area contributed by atoms with Crippen LogP contribution in [-0.4, -0.2) is 25.8 Å². The van der Waals surface area contributed by atoms with E-state index in [9.17, 15) is 9.18 Å². The van der Waals surface area contributed by atoms with Crippen LogP contribution in [-0.2, 0) is 0 Å². The van der Waals surface area contributed by atoms with Crippen LogP contribution < -0.4 is 0 Å². The molecule has 0 aliphatic rings. The Morgan fingerprint density at radius 2 is 2.16 bits per heavy atom. The molecule has 19 heavy (non-hydrogen) atoms. The summed E-state index contributed by atoms with van der Waals surface area (Å²) in [4.78, 5) is 14.8. The predicted octanol–water partition coefficient (Wildman–Crippen LogP) is 2.88. The highest BCUT2D eigenvalue weighted by atomic mass is 35.5. The van der Waals surface area contributed by atoms with Crippen molar-refractivity contribution >= 4 is 17.6 Å². The van der Waals surface area contributed by atoms with Gasteiger partial charge < -0.3 is 5.11 Å². The number of aromatic carboxylic acids is 1. The predicted molar refractivity (Wildman–Crippen MR) is 67.4 cm³/mol. The van der Waals surface area contributed by atoms with E-state index < -0.39 is 11.8 Å². The molecule has 0 aliphatic carbocycles. The molecule has 0 bridgehead atoms. The molecule has 0 atom stereocenters. The van der Waals surface area contributed by atoms with Crippen molar-refractivity contribution in [2.24, 2.45) is 0 Å². The Kier molecular flexibility index (Phi) is 3.53. The Balaban J connectivity index is 2.63. The standard InChI is InChI=1S/C12H11ClFN3O2/c1-6(2)11-15-10(12(18)19)16-17(11)9-4-3-7(13)5-8(9)14/h3-6H,1-2H3,(H,18,19). The zero-order valence-electron chi connectivity index (χ0n) is 10.3. The van der Waals surface area contributed by atoms with Crippen molar-refractivity contribution in [3.05, 3.63) is 40.7 Å². The summed E-state index contributed by atoms with van der Waals surface area (Å²) in [5.74, 6) is -1.93. The molecular formula is C12H11ClFN3O2. The van der Waals surface area contributed by atoms with Crippen LogP contribution in [0.15, 0.2) is 18.2 Å². The number of carbonyl (C=O) groups is 1. The summed E-state index contributed by atoms with van der Waals surface area (Å²) in [6, 6.07) is 4.08. The molecule has 0 spiro atoms. The van der Waals surface area contributed by atoms with Gasteiger partial charge in [-0.2, -0.15) is 0 Å². The second-order valence-electron chi connectivity index (χ2n) is 4.26. The second kappa shape index (κ2) is 4.97. The van der Waals surface area contributed by atoms with E-state index in [1.165, 1.54) is 16.8 Å². The molecule has 7 heteroatoms. The summed E-state index contributed by atoms with van der Waals surface area (Å²) in [5.41, 5.74) is 0.119. The molecule has 100 valence electrons. The molecule has 0 radical (unpaired) electrons. The van der Waals surface area contributed by atoms with E-state index in [-0.39, 0.29) is 22.5 Å². The summed E-state index contributed by atoms with van der Waals surface area (Å²) in [6.07, 6.45) is 0. The van der Waals surface area contributed by atoms with Crippen molar-refractivity contribution in [2.45, 2.75) is 19.8 Å². The molecule has 0 unspecified atom stereocenters. The quantitative estimate of drug-likeness (QED) is 0.940. The van der Waals surface area contributed by atoms with E-state index in [0.717, 1.165) is 6.07 Å². The minimum absolute atomic E-state index is 0.101. The molecule has 0 fully saturated rings. The van der Waals surface area contributed by atoms with E-state index >= 15 is 0 Å². The average Bonchev–Trinajstić information content (AvgIpc) is 2.73. The molecule has 0 amide bonds. The first-order valence-electron chi connectivity index (χ1n) is 5.56. The molecular weight excluding hydrogens is 273 g/mol. The third-order valence-corrected chi connectivity index (χ3v) is 2.71. The minimum Gasteiger partial charge on any atom is -0.475 e. The summed E-state index contributed by atoms with van der Waals surface area (Å²) < 4.78 is 15.1. The third kappa shape index (κ3) is 2.58. The lowest BCUT2D eigenvalue weighted by Gasteiger charge is -2.09. The van der Waals surface area contributed by atoms with Crippen LogP contribution in [0.1, 0.15) is 36.2 Å². The summed E-state index contributed by atoms with van der Waals surface area (Å²) in [7, 11) is 0. The fraction of sp³-hybridized carbons (Fsp3) is 0.250. The number of carboxylic acid groups (broad SMARTS) is 1. The van der Waals surface area contributed by atoms with Crippen molar-refractivity contribution in [3.8, 4) is 5.69 Å². The smallest absolute Gasteiger partial charge is 0.375 e. The van der Waals surface area contributed by atoms with E-state index in [0.29, 0.717) is 5.82 Å². The number of nitrogens with zero attached hydrogens (tertiary/aromatic N) is 3. The molecule has 5 nitrogen and oxygen atoms in total. The molecule has 2 aromatic rings. The monoisotopic (exact) mass is 283 g/mol. The number of benzene rings is 1. The van der Waals surface area contributed by atoms with Gasteiger partial charge in [0.2, 0.25) is 0 Å². The summed E-state index contributed by atoms with van der Waals surface area (Å²) in [5, 5.41) is 13.0. The highest BCUT2D eigenvalue weighted by Gasteiger charge is 2.20. The Morgan fingerprint density at radius 1 is 1.47 bits per heavy atom. The third-order valence-electron chi connectivity index (χ3n) is 2.48. The lowest BCUT2D eigenvalue weighted by atomic mass is 10.2. The van der Waals surface area contributed by atoms with Gasteiger partial charge in [-0.15, -0.1) is 5.10 Å². The van der Waals surface area contributed by atoms with Crippen LogP contribution >= 0.6 is 11.6 Å². The van der Waals surface area contributed by atoms with E-state index in [4.69, 9.17) is 16.7 Å². The van der Waals surface area contributed by atoms with Crippen molar-refractivity contribution in [1.82, 2.24) is 14.8 Å². The highest BCUT2D eigenvalue weighted by molar-refractivity contribution is 6.30. The van der Waals surface area contributed by atoms with Crippen molar-refractivity contribution < 1.29 is 14.3 Å². The molecule has 1 aromatic carbocycles. The maximum Gasteiger partial charge on any atom is 0.375 e. The van der Waals surface area contributed by atoms with Crippen LogP contribution in [0.3, 0.4) is 0 Å². The largest absolute Gasteiger partial charge is 0.475 e. The van der Waals surface area contributed by atoms with Crippen LogP contribution in [0.25, 0.3) is 5.69 Å². The zero-order valence-corrected chi connectivity index (χ0v) is 11.0. The first-order valence-corrected chi connectivity index (χ1v) is 5.93. The van der Waals surface area contributed by atoms with E-state index in [1.807, 2.05) is 13.8 Å². The van der Waals surface area contributed by atoms with Gasteiger partial charge in [0.15, 0.2) is 0 Å². The summed E-state index contributed by atoms with van der Waals surface area (Å²) in [6.45, 7) is 3.64. The Labute approximate surface area is 113 Å². The summed E-state index contributed by atoms with van der Waals surface area (Å²) >= 11 is 5.68. The maximum atomic E-state index is 13.9. The number of halogens is 2. The number of hydrogen-bond donors (Lipinski definition) is 1. The van der Waals surface area contributed by atoms with Gasteiger partial charge in [-0.05, 0) is 18.2 Å². The molecule has 0 saturated heterocycles. The first-order chi connectivity index (χ1) is 8.90. The van der Waals surface area contributed by atoms with Gasteiger partial charge >= 0.3 is 5.97 Å². The highest BCUT2D eigenvalue weighted by Crippen LogP contribution is 2.22. The fourth-order valence-corrected chi connectivity index (χ4v) is 1.78. The lowest BCUT2D eigenvalue weighted by molar-refractivity contribution is 0.0683. The lowest BCUT2D eigenvalue weighted by Crippen LogP contribution is -2.07. The van der Waals surface area contributed by atoms with Gasteiger partial charge in [0.25, 0.3) is 5.82 Å². The topological polar surface area (TPSA) is 68.0 Å². The molecule has 1 heterocycles. The Bertz CT molecular complexity index is 640. The molecule has 1 aromatic heterocycles. The first kappa shape index (κ1) is 13.5. The van der Waals surface area contributed by atoms with Gasteiger partial charge in [-0.3, -0.25) is 0 Å².